The van der Waals surface area contributed by atoms with Gasteiger partial charge in [0.25, 0.3) is 0 Å². The number of pyridine rings is 1. The Kier molecular flexibility index (Phi) is 3.47. The molecule has 5 nitrogen and oxygen atoms in total. The third kappa shape index (κ3) is 2.78. The number of nitrogens with zero attached hydrogens (tertiary/aromatic N) is 3. The van der Waals surface area contributed by atoms with Crippen LogP contribution >= 0.6 is 12.2 Å². The second-order valence-corrected chi connectivity index (χ2v) is 4.33. The Hall–Kier alpha value is -2.08. The SMILES string of the molecule is Cc1ccn(Cc2ccnc(C(N)=S)c2)c(=O)n1. The summed E-state index contributed by atoms with van der Waals surface area (Å²) in [5.74, 6) is 0. The van der Waals surface area contributed by atoms with Crippen LogP contribution in [0.1, 0.15) is 17.0 Å². The number of thiocarbonyl (C=S) groups is 1. The largest absolute Gasteiger partial charge is 0.388 e. The molecule has 0 saturated carbocycles. The average molecular weight is 260 g/mol. The predicted octanol–water partition coefficient (Wildman–Crippen LogP) is 0.629. The fourth-order valence-corrected chi connectivity index (χ4v) is 1.65. The molecule has 2 aromatic rings. The van der Waals surface area contributed by atoms with Crippen LogP contribution in [0.25, 0.3) is 0 Å². The molecule has 0 unspecified atom stereocenters. The number of aromatic nitrogens is 3. The first kappa shape index (κ1) is 12.4. The fraction of sp³-hybridized carbons (Fsp3) is 0.167. The molecule has 0 fully saturated rings. The second kappa shape index (κ2) is 5.05. The van der Waals surface area contributed by atoms with Gasteiger partial charge in [0, 0.05) is 18.1 Å². The van der Waals surface area contributed by atoms with E-state index in [1.807, 2.05) is 6.07 Å². The van der Waals surface area contributed by atoms with E-state index in [9.17, 15) is 4.79 Å². The van der Waals surface area contributed by atoms with Crippen molar-refractivity contribution in [3.63, 3.8) is 0 Å². The van der Waals surface area contributed by atoms with Crippen molar-refractivity contribution in [3.8, 4) is 0 Å². The average Bonchev–Trinajstić information content (AvgIpc) is 2.33. The van der Waals surface area contributed by atoms with Crippen LogP contribution in [0.2, 0.25) is 0 Å². The molecule has 0 radical (unpaired) electrons. The first-order valence-electron chi connectivity index (χ1n) is 5.35. The molecule has 92 valence electrons. The van der Waals surface area contributed by atoms with Crippen LogP contribution in [-0.2, 0) is 6.54 Å². The monoisotopic (exact) mass is 260 g/mol. The maximum Gasteiger partial charge on any atom is 0.348 e. The topological polar surface area (TPSA) is 73.8 Å². The lowest BCUT2D eigenvalue weighted by Gasteiger charge is -2.06. The number of hydrogen-bond acceptors (Lipinski definition) is 4. The number of rotatable bonds is 3. The van der Waals surface area contributed by atoms with Gasteiger partial charge in [0.05, 0.1) is 12.2 Å². The molecule has 2 rings (SSSR count). The Balaban J connectivity index is 2.31. The Bertz CT molecular complexity index is 651. The van der Waals surface area contributed by atoms with E-state index in [4.69, 9.17) is 18.0 Å². The summed E-state index contributed by atoms with van der Waals surface area (Å²) >= 11 is 4.86. The van der Waals surface area contributed by atoms with E-state index < -0.39 is 0 Å². The lowest BCUT2D eigenvalue weighted by Crippen LogP contribution is -2.23. The molecule has 0 atom stereocenters. The van der Waals surface area contributed by atoms with Crippen LogP contribution in [0.3, 0.4) is 0 Å². The molecule has 0 saturated heterocycles. The summed E-state index contributed by atoms with van der Waals surface area (Å²) < 4.78 is 1.52. The second-order valence-electron chi connectivity index (χ2n) is 3.89. The first-order chi connectivity index (χ1) is 8.56. The summed E-state index contributed by atoms with van der Waals surface area (Å²) in [4.78, 5) is 19.8. The molecule has 0 spiro atoms. The zero-order chi connectivity index (χ0) is 13.1. The Morgan fingerprint density at radius 1 is 1.50 bits per heavy atom. The third-order valence-corrected chi connectivity index (χ3v) is 2.65. The van der Waals surface area contributed by atoms with Gasteiger partial charge in [-0.25, -0.2) is 4.79 Å². The highest BCUT2D eigenvalue weighted by molar-refractivity contribution is 7.80. The molecule has 6 heteroatoms. The van der Waals surface area contributed by atoms with Crippen molar-refractivity contribution in [3.05, 3.63) is 58.0 Å². The molecule has 0 aromatic carbocycles. The van der Waals surface area contributed by atoms with Gasteiger partial charge in [0.2, 0.25) is 0 Å². The van der Waals surface area contributed by atoms with Crippen molar-refractivity contribution >= 4 is 17.2 Å². The highest BCUT2D eigenvalue weighted by Crippen LogP contribution is 2.03. The lowest BCUT2D eigenvalue weighted by molar-refractivity contribution is 0.719. The molecule has 2 aromatic heterocycles. The quantitative estimate of drug-likeness (QED) is 0.819. The highest BCUT2D eigenvalue weighted by Gasteiger charge is 2.02. The highest BCUT2D eigenvalue weighted by atomic mass is 32.1. The smallest absolute Gasteiger partial charge is 0.348 e. The molecule has 0 aliphatic heterocycles. The van der Waals surface area contributed by atoms with Gasteiger partial charge in [-0.3, -0.25) is 9.55 Å². The number of nitrogens with two attached hydrogens (primary N) is 1. The Labute approximate surface area is 109 Å². The summed E-state index contributed by atoms with van der Waals surface area (Å²) in [6.45, 7) is 2.20. The van der Waals surface area contributed by atoms with Gasteiger partial charge in [0.1, 0.15) is 4.99 Å². The van der Waals surface area contributed by atoms with E-state index in [1.54, 1.807) is 31.5 Å². The molecule has 0 aliphatic carbocycles. The van der Waals surface area contributed by atoms with Gasteiger partial charge in [-0.1, -0.05) is 12.2 Å². The van der Waals surface area contributed by atoms with E-state index in [1.165, 1.54) is 4.57 Å². The fourth-order valence-electron chi connectivity index (χ4n) is 1.54. The summed E-state index contributed by atoms with van der Waals surface area (Å²) in [7, 11) is 0. The van der Waals surface area contributed by atoms with Crippen molar-refractivity contribution in [2.45, 2.75) is 13.5 Å². The molecule has 0 bridgehead atoms. The maximum absolute atomic E-state index is 11.6. The van der Waals surface area contributed by atoms with Crippen LogP contribution < -0.4 is 11.4 Å². The zero-order valence-electron chi connectivity index (χ0n) is 9.83. The van der Waals surface area contributed by atoms with Crippen LogP contribution in [0.15, 0.2) is 35.4 Å². The number of hydrogen-bond donors (Lipinski definition) is 1. The van der Waals surface area contributed by atoms with E-state index >= 15 is 0 Å². The molecule has 0 amide bonds. The lowest BCUT2D eigenvalue weighted by atomic mass is 10.2. The van der Waals surface area contributed by atoms with Crippen molar-refractivity contribution in [1.82, 2.24) is 14.5 Å². The van der Waals surface area contributed by atoms with Gasteiger partial charge in [-0.15, -0.1) is 0 Å². The van der Waals surface area contributed by atoms with Gasteiger partial charge < -0.3 is 5.73 Å². The zero-order valence-corrected chi connectivity index (χ0v) is 10.6. The van der Waals surface area contributed by atoms with Gasteiger partial charge in [-0.05, 0) is 30.7 Å². The minimum absolute atomic E-state index is 0.242. The van der Waals surface area contributed by atoms with Gasteiger partial charge in [0.15, 0.2) is 0 Å². The summed E-state index contributed by atoms with van der Waals surface area (Å²) in [6, 6.07) is 5.37. The molecule has 18 heavy (non-hydrogen) atoms. The minimum atomic E-state index is -0.274. The van der Waals surface area contributed by atoms with Crippen molar-refractivity contribution in [2.24, 2.45) is 5.73 Å². The molecule has 2 N–H and O–H groups in total. The van der Waals surface area contributed by atoms with Gasteiger partial charge in [-0.2, -0.15) is 4.98 Å². The summed E-state index contributed by atoms with van der Waals surface area (Å²) in [5, 5.41) is 0. The van der Waals surface area contributed by atoms with Crippen LogP contribution in [0.5, 0.6) is 0 Å². The maximum atomic E-state index is 11.6. The Morgan fingerprint density at radius 3 is 2.94 bits per heavy atom. The first-order valence-corrected chi connectivity index (χ1v) is 5.76. The normalized spacial score (nSPS) is 10.3. The van der Waals surface area contributed by atoms with Crippen molar-refractivity contribution in [2.75, 3.05) is 0 Å². The van der Waals surface area contributed by atoms with E-state index in [0.29, 0.717) is 17.9 Å². The van der Waals surface area contributed by atoms with E-state index in [-0.39, 0.29) is 10.7 Å². The predicted molar refractivity (Wildman–Crippen MR) is 72.5 cm³/mol. The standard InChI is InChI=1S/C12H12N4OS/c1-8-3-5-16(12(17)15-8)7-9-2-4-14-10(6-9)11(13)18/h2-6H,7H2,1H3,(H2,13,18). The molecule has 2 heterocycles. The molecular weight excluding hydrogens is 248 g/mol. The Morgan fingerprint density at radius 2 is 2.28 bits per heavy atom. The van der Waals surface area contributed by atoms with Crippen LogP contribution in [0, 0.1) is 6.92 Å². The minimum Gasteiger partial charge on any atom is -0.388 e. The number of aryl methyl sites for hydroxylation is 1. The molecule has 0 aliphatic rings. The van der Waals surface area contributed by atoms with Crippen molar-refractivity contribution in [1.29, 1.82) is 0 Å². The summed E-state index contributed by atoms with van der Waals surface area (Å²) in [5.41, 5.74) is 7.40. The van der Waals surface area contributed by atoms with Crippen LogP contribution in [0.4, 0.5) is 0 Å². The van der Waals surface area contributed by atoms with E-state index in [2.05, 4.69) is 9.97 Å². The van der Waals surface area contributed by atoms with Gasteiger partial charge >= 0.3 is 5.69 Å². The van der Waals surface area contributed by atoms with Crippen molar-refractivity contribution < 1.29 is 0 Å². The van der Waals surface area contributed by atoms with Crippen LogP contribution in [-0.4, -0.2) is 19.5 Å². The van der Waals surface area contributed by atoms with E-state index in [0.717, 1.165) is 5.56 Å². The molecular formula is C12H12N4OS. The third-order valence-electron chi connectivity index (χ3n) is 2.44. The summed E-state index contributed by atoms with van der Waals surface area (Å²) in [6.07, 6.45) is 3.34.